The molecule has 120 valence electrons. The molecule has 0 heterocycles. The molecule has 0 saturated carbocycles. The first-order chi connectivity index (χ1) is 9.01. The maximum Gasteiger partial charge on any atom is 0.225 e. The number of rotatable bonds is 9. The maximum atomic E-state index is 12.2. The van der Waals surface area contributed by atoms with E-state index in [-0.39, 0.29) is 30.1 Å². The number of carbonyl (C=O) groups excluding carboxylic acids is 1. The highest BCUT2D eigenvalue weighted by Crippen LogP contribution is 2.26. The Kier molecular flexibility index (Phi) is 7.70. The van der Waals surface area contributed by atoms with Crippen molar-refractivity contribution in [1.29, 1.82) is 0 Å². The molecule has 0 saturated heterocycles. The third kappa shape index (κ3) is 7.82. The number of methoxy groups -OCH3 is 1. The molecule has 0 spiro atoms. The molecule has 0 aliphatic heterocycles. The summed E-state index contributed by atoms with van der Waals surface area (Å²) in [6.07, 6.45) is 1.25. The summed E-state index contributed by atoms with van der Waals surface area (Å²) in [7, 11) is 1.62. The number of aliphatic hydroxyl groups excluding tert-OH is 1. The van der Waals surface area contributed by atoms with Gasteiger partial charge >= 0.3 is 0 Å². The third-order valence-electron chi connectivity index (χ3n) is 3.31. The van der Waals surface area contributed by atoms with E-state index in [1.165, 1.54) is 0 Å². The van der Waals surface area contributed by atoms with Crippen LogP contribution in [0.25, 0.3) is 0 Å². The summed E-state index contributed by atoms with van der Waals surface area (Å²) in [5.74, 6) is 0.141. The second-order valence-corrected chi connectivity index (χ2v) is 7.14. The first-order valence-corrected chi connectivity index (χ1v) is 7.22. The van der Waals surface area contributed by atoms with Crippen molar-refractivity contribution in [2.75, 3.05) is 20.3 Å². The summed E-state index contributed by atoms with van der Waals surface area (Å²) in [5, 5.41) is 12.0. The molecule has 5 nitrogen and oxygen atoms in total. The summed E-state index contributed by atoms with van der Waals surface area (Å²) in [6, 6.07) is 0. The molecule has 4 N–H and O–H groups in total. The van der Waals surface area contributed by atoms with Gasteiger partial charge in [0.15, 0.2) is 0 Å². The van der Waals surface area contributed by atoms with E-state index >= 15 is 0 Å². The van der Waals surface area contributed by atoms with Crippen molar-refractivity contribution in [1.82, 2.24) is 5.32 Å². The van der Waals surface area contributed by atoms with Gasteiger partial charge in [0.2, 0.25) is 5.91 Å². The lowest BCUT2D eigenvalue weighted by Gasteiger charge is -2.31. The molecule has 0 fully saturated rings. The van der Waals surface area contributed by atoms with Gasteiger partial charge in [-0.3, -0.25) is 4.79 Å². The van der Waals surface area contributed by atoms with Crippen molar-refractivity contribution in [3.63, 3.8) is 0 Å². The van der Waals surface area contributed by atoms with Crippen molar-refractivity contribution >= 4 is 5.91 Å². The van der Waals surface area contributed by atoms with Crippen LogP contribution in [0.2, 0.25) is 0 Å². The van der Waals surface area contributed by atoms with Gasteiger partial charge in [-0.1, -0.05) is 20.8 Å². The minimum atomic E-state index is -0.515. The van der Waals surface area contributed by atoms with E-state index in [9.17, 15) is 4.79 Å². The lowest BCUT2D eigenvalue weighted by Crippen LogP contribution is -2.46. The number of hydrogen-bond acceptors (Lipinski definition) is 4. The zero-order chi connectivity index (χ0) is 16.0. The Bertz CT molecular complexity index is 298. The SMILES string of the molecule is CO[C@@H](CNC(=O)C(C)(C)CC(C)(C)N)C[C@H](C)CO. The van der Waals surface area contributed by atoms with Crippen molar-refractivity contribution in [2.24, 2.45) is 17.1 Å². The van der Waals surface area contributed by atoms with Crippen molar-refractivity contribution in [3.05, 3.63) is 0 Å². The number of amides is 1. The predicted octanol–water partition coefficient (Wildman–Crippen LogP) is 1.29. The van der Waals surface area contributed by atoms with E-state index in [0.29, 0.717) is 13.0 Å². The van der Waals surface area contributed by atoms with E-state index in [2.05, 4.69) is 5.32 Å². The molecule has 2 atom stereocenters. The quantitative estimate of drug-likeness (QED) is 0.597. The Labute approximate surface area is 123 Å². The van der Waals surface area contributed by atoms with E-state index in [0.717, 1.165) is 6.42 Å². The summed E-state index contributed by atoms with van der Waals surface area (Å²) in [4.78, 5) is 12.2. The smallest absolute Gasteiger partial charge is 0.225 e. The molecule has 0 aromatic rings. The predicted molar refractivity (Wildman–Crippen MR) is 81.3 cm³/mol. The Hall–Kier alpha value is -0.650. The average molecular weight is 288 g/mol. The highest BCUT2D eigenvalue weighted by atomic mass is 16.5. The van der Waals surface area contributed by atoms with E-state index in [1.807, 2.05) is 34.6 Å². The van der Waals surface area contributed by atoms with Gasteiger partial charge in [-0.15, -0.1) is 0 Å². The van der Waals surface area contributed by atoms with Crippen LogP contribution in [0, 0.1) is 11.3 Å². The van der Waals surface area contributed by atoms with Crippen LogP contribution < -0.4 is 11.1 Å². The minimum absolute atomic E-state index is 0.0188. The Morgan fingerprint density at radius 2 is 1.90 bits per heavy atom. The largest absolute Gasteiger partial charge is 0.396 e. The lowest BCUT2D eigenvalue weighted by atomic mass is 9.80. The van der Waals surface area contributed by atoms with Gasteiger partial charge < -0.3 is 20.9 Å². The molecular formula is C15H32N2O3. The fourth-order valence-corrected chi connectivity index (χ4v) is 2.45. The van der Waals surface area contributed by atoms with Crippen LogP contribution >= 0.6 is 0 Å². The first kappa shape index (κ1) is 19.4. The molecular weight excluding hydrogens is 256 g/mol. The van der Waals surface area contributed by atoms with Gasteiger partial charge in [-0.2, -0.15) is 0 Å². The van der Waals surface area contributed by atoms with Crippen LogP contribution in [-0.2, 0) is 9.53 Å². The number of nitrogens with one attached hydrogen (secondary N) is 1. The number of aliphatic hydroxyl groups is 1. The molecule has 1 amide bonds. The normalized spacial score (nSPS) is 15.8. The molecule has 5 heteroatoms. The summed E-state index contributed by atoms with van der Waals surface area (Å²) in [5.41, 5.74) is 5.10. The zero-order valence-corrected chi connectivity index (χ0v) is 13.8. The van der Waals surface area contributed by atoms with Crippen molar-refractivity contribution < 1.29 is 14.6 Å². The number of ether oxygens (including phenoxy) is 1. The van der Waals surface area contributed by atoms with Gasteiger partial charge in [-0.25, -0.2) is 0 Å². The van der Waals surface area contributed by atoms with Gasteiger partial charge in [0.05, 0.1) is 6.10 Å². The molecule has 0 aromatic heterocycles. The molecule has 0 rings (SSSR count). The topological polar surface area (TPSA) is 84.6 Å². The highest BCUT2D eigenvalue weighted by Gasteiger charge is 2.33. The fourth-order valence-electron chi connectivity index (χ4n) is 2.45. The molecule has 20 heavy (non-hydrogen) atoms. The molecule has 0 radical (unpaired) electrons. The molecule has 0 aromatic carbocycles. The summed E-state index contributed by atoms with van der Waals surface area (Å²) in [6.45, 7) is 10.2. The highest BCUT2D eigenvalue weighted by molar-refractivity contribution is 5.81. The second-order valence-electron chi connectivity index (χ2n) is 7.14. The second kappa shape index (κ2) is 7.96. The number of carbonyl (C=O) groups is 1. The van der Waals surface area contributed by atoms with Gasteiger partial charge in [-0.05, 0) is 32.6 Å². The van der Waals surface area contributed by atoms with Crippen LogP contribution in [0.15, 0.2) is 0 Å². The summed E-state index contributed by atoms with van der Waals surface area (Å²) >= 11 is 0. The third-order valence-corrected chi connectivity index (χ3v) is 3.31. The van der Waals surface area contributed by atoms with Crippen molar-refractivity contribution in [3.8, 4) is 0 Å². The van der Waals surface area contributed by atoms with Crippen LogP contribution in [-0.4, -0.2) is 42.9 Å². The van der Waals surface area contributed by atoms with E-state index in [1.54, 1.807) is 7.11 Å². The zero-order valence-electron chi connectivity index (χ0n) is 13.8. The summed E-state index contributed by atoms with van der Waals surface area (Å²) < 4.78 is 5.34. The van der Waals surface area contributed by atoms with Gasteiger partial charge in [0, 0.05) is 31.2 Å². The molecule has 0 aliphatic rings. The Balaban J connectivity index is 4.38. The maximum absolute atomic E-state index is 12.2. The van der Waals surface area contributed by atoms with Crippen LogP contribution in [0.5, 0.6) is 0 Å². The number of hydrogen-bond donors (Lipinski definition) is 3. The first-order valence-electron chi connectivity index (χ1n) is 7.22. The Morgan fingerprint density at radius 3 is 2.30 bits per heavy atom. The van der Waals surface area contributed by atoms with Gasteiger partial charge in [0.25, 0.3) is 0 Å². The van der Waals surface area contributed by atoms with Gasteiger partial charge in [0.1, 0.15) is 0 Å². The molecule has 0 aliphatic carbocycles. The molecule has 0 bridgehead atoms. The monoisotopic (exact) mass is 288 g/mol. The van der Waals surface area contributed by atoms with E-state index < -0.39 is 5.41 Å². The lowest BCUT2D eigenvalue weighted by molar-refractivity contribution is -0.131. The number of nitrogens with two attached hydrogens (primary N) is 1. The van der Waals surface area contributed by atoms with Crippen LogP contribution in [0.4, 0.5) is 0 Å². The van der Waals surface area contributed by atoms with E-state index in [4.69, 9.17) is 15.6 Å². The minimum Gasteiger partial charge on any atom is -0.396 e. The fraction of sp³-hybridized carbons (Fsp3) is 0.933. The standard InChI is InChI=1S/C15H32N2O3/c1-11(9-18)7-12(20-6)8-17-13(19)14(2,3)10-15(4,5)16/h11-12,18H,7-10,16H2,1-6H3,(H,17,19)/t11-,12+/m0/s1. The average Bonchev–Trinajstić information content (AvgIpc) is 2.30. The van der Waals surface area contributed by atoms with Crippen LogP contribution in [0.1, 0.15) is 47.5 Å². The van der Waals surface area contributed by atoms with Crippen molar-refractivity contribution in [2.45, 2.75) is 59.1 Å². The molecule has 0 unspecified atom stereocenters. The Morgan fingerprint density at radius 1 is 1.35 bits per heavy atom. The van der Waals surface area contributed by atoms with Crippen LogP contribution in [0.3, 0.4) is 0 Å².